The first-order valence-electron chi connectivity index (χ1n) is 5.07. The summed E-state index contributed by atoms with van der Waals surface area (Å²) in [5, 5.41) is 10.6. The molecule has 8 nitrogen and oxygen atoms in total. The highest BCUT2D eigenvalue weighted by molar-refractivity contribution is 7.91. The molecule has 1 rings (SSSR count). The van der Waals surface area contributed by atoms with Crippen LogP contribution in [0.15, 0.2) is 10.3 Å². The average Bonchev–Trinajstić information content (AvgIpc) is 2.69. The van der Waals surface area contributed by atoms with E-state index in [0.717, 1.165) is 13.2 Å². The normalized spacial score (nSPS) is 12.2. The van der Waals surface area contributed by atoms with E-state index in [2.05, 4.69) is 9.46 Å². The number of hydrogen-bond donors (Lipinski definition) is 1. The van der Waals surface area contributed by atoms with Crippen molar-refractivity contribution in [3.05, 3.63) is 20.5 Å². The second-order valence-corrected chi connectivity index (χ2v) is 7.77. The molecule has 0 bridgehead atoms. The number of thiophene rings is 1. The molecule has 0 atom stereocenters. The first-order chi connectivity index (χ1) is 9.01. The molecular weight excluding hydrogens is 332 g/mol. The van der Waals surface area contributed by atoms with Gasteiger partial charge < -0.3 is 4.74 Å². The van der Waals surface area contributed by atoms with Crippen LogP contribution >= 0.6 is 22.9 Å². The lowest BCUT2D eigenvalue weighted by atomic mass is 10.1. The van der Waals surface area contributed by atoms with Crippen molar-refractivity contribution in [2.75, 3.05) is 7.11 Å². The fourth-order valence-electron chi connectivity index (χ4n) is 1.28. The Morgan fingerprint density at radius 1 is 1.55 bits per heavy atom. The zero-order chi connectivity index (χ0) is 15.7. The molecule has 0 spiro atoms. The van der Waals surface area contributed by atoms with Crippen LogP contribution in [0.25, 0.3) is 0 Å². The summed E-state index contributed by atoms with van der Waals surface area (Å²) in [5.41, 5.74) is -2.02. The summed E-state index contributed by atoms with van der Waals surface area (Å²) in [4.78, 5) is 21.3. The van der Waals surface area contributed by atoms with Crippen LogP contribution in [0.4, 0.5) is 5.69 Å². The Kier molecular flexibility index (Phi) is 4.74. The highest BCUT2D eigenvalue weighted by Crippen LogP contribution is 2.36. The highest BCUT2D eigenvalue weighted by Gasteiger charge is 2.36. The number of esters is 1. The molecule has 0 saturated carbocycles. The van der Waals surface area contributed by atoms with Gasteiger partial charge in [-0.25, -0.2) is 8.42 Å². The van der Waals surface area contributed by atoms with E-state index in [4.69, 9.17) is 11.6 Å². The van der Waals surface area contributed by atoms with Crippen molar-refractivity contribution < 1.29 is 22.9 Å². The topological polar surface area (TPSA) is 116 Å². The molecule has 0 unspecified atom stereocenters. The molecule has 0 saturated heterocycles. The molecular formula is C9H11ClN2O6S2. The van der Waals surface area contributed by atoms with Gasteiger partial charge in [0.25, 0.3) is 15.7 Å². The zero-order valence-corrected chi connectivity index (χ0v) is 13.1. The van der Waals surface area contributed by atoms with E-state index in [1.807, 2.05) is 0 Å². The molecule has 11 heteroatoms. The molecule has 1 aromatic heterocycles. The number of nitrogens with one attached hydrogen (secondary N) is 1. The largest absolute Gasteiger partial charge is 0.468 e. The lowest BCUT2D eigenvalue weighted by Crippen LogP contribution is -2.49. The van der Waals surface area contributed by atoms with Crippen LogP contribution in [0.2, 0.25) is 4.34 Å². The highest BCUT2D eigenvalue weighted by atomic mass is 35.5. The first-order valence-corrected chi connectivity index (χ1v) is 7.75. The minimum atomic E-state index is -4.13. The summed E-state index contributed by atoms with van der Waals surface area (Å²) in [6, 6.07) is 0.836. The third kappa shape index (κ3) is 3.45. The van der Waals surface area contributed by atoms with Crippen LogP contribution in [-0.4, -0.2) is 32.0 Å². The quantitative estimate of drug-likeness (QED) is 0.493. The van der Waals surface area contributed by atoms with Crippen LogP contribution in [0, 0.1) is 10.1 Å². The van der Waals surface area contributed by atoms with Crippen molar-refractivity contribution in [3.8, 4) is 0 Å². The van der Waals surface area contributed by atoms with E-state index in [1.54, 1.807) is 0 Å². The van der Waals surface area contributed by atoms with Crippen molar-refractivity contribution in [2.45, 2.75) is 23.6 Å². The molecule has 0 aromatic carbocycles. The molecule has 0 radical (unpaired) electrons. The summed E-state index contributed by atoms with van der Waals surface area (Å²) in [5.74, 6) is -0.793. The monoisotopic (exact) mass is 342 g/mol. The average molecular weight is 343 g/mol. The second-order valence-electron chi connectivity index (χ2n) is 4.20. The van der Waals surface area contributed by atoms with Crippen LogP contribution < -0.4 is 4.72 Å². The molecule has 1 N–H and O–H groups in total. The lowest BCUT2D eigenvalue weighted by molar-refractivity contribution is -0.384. The van der Waals surface area contributed by atoms with Crippen molar-refractivity contribution in [3.63, 3.8) is 0 Å². The van der Waals surface area contributed by atoms with Crippen molar-refractivity contribution in [1.29, 1.82) is 0 Å². The maximum absolute atomic E-state index is 12.1. The standard InChI is InChI=1S/C9H11ClN2O6S2/c1-9(2,8(13)18-3)11-20(16,17)6-4-5(12(14)15)7(10)19-6/h4,11H,1-3H3. The van der Waals surface area contributed by atoms with E-state index in [1.165, 1.54) is 13.8 Å². The van der Waals surface area contributed by atoms with Gasteiger partial charge >= 0.3 is 5.97 Å². The van der Waals surface area contributed by atoms with E-state index in [-0.39, 0.29) is 8.55 Å². The number of hydrogen-bond acceptors (Lipinski definition) is 7. The summed E-state index contributed by atoms with van der Waals surface area (Å²) < 4.78 is 30.1. The smallest absolute Gasteiger partial charge is 0.326 e. The number of carbonyl (C=O) groups excluding carboxylic acids is 1. The Labute approximate surface area is 123 Å². The van der Waals surface area contributed by atoms with Crippen LogP contribution in [0.5, 0.6) is 0 Å². The molecule has 1 heterocycles. The molecule has 20 heavy (non-hydrogen) atoms. The van der Waals surface area contributed by atoms with E-state index < -0.39 is 32.1 Å². The van der Waals surface area contributed by atoms with Gasteiger partial charge in [-0.05, 0) is 13.8 Å². The first kappa shape index (κ1) is 16.8. The maximum Gasteiger partial charge on any atom is 0.326 e. The van der Waals surface area contributed by atoms with Gasteiger partial charge in [0.2, 0.25) is 0 Å². The van der Waals surface area contributed by atoms with Gasteiger partial charge in [0.1, 0.15) is 9.75 Å². The third-order valence-electron chi connectivity index (χ3n) is 2.19. The minimum Gasteiger partial charge on any atom is -0.468 e. The summed E-state index contributed by atoms with van der Waals surface area (Å²) in [6.45, 7) is 2.61. The molecule has 0 aliphatic rings. The fourth-order valence-corrected chi connectivity index (χ4v) is 4.31. The number of carbonyl (C=O) groups is 1. The number of halogens is 1. The zero-order valence-electron chi connectivity index (χ0n) is 10.7. The molecule has 0 fully saturated rings. The predicted molar refractivity (Wildman–Crippen MR) is 72.4 cm³/mol. The van der Waals surface area contributed by atoms with Gasteiger partial charge in [-0.1, -0.05) is 11.6 Å². The number of nitrogens with zero attached hydrogens (tertiary/aromatic N) is 1. The number of sulfonamides is 1. The Morgan fingerprint density at radius 2 is 2.10 bits per heavy atom. The van der Waals surface area contributed by atoms with E-state index in [0.29, 0.717) is 11.3 Å². The van der Waals surface area contributed by atoms with Gasteiger partial charge in [0.05, 0.1) is 12.0 Å². The van der Waals surface area contributed by atoms with E-state index >= 15 is 0 Å². The minimum absolute atomic E-state index is 0.258. The Balaban J connectivity index is 3.15. The number of rotatable bonds is 5. The summed E-state index contributed by atoms with van der Waals surface area (Å²) in [6.07, 6.45) is 0. The van der Waals surface area contributed by atoms with Gasteiger partial charge in [-0.15, -0.1) is 11.3 Å². The van der Waals surface area contributed by atoms with Crippen molar-refractivity contribution in [1.82, 2.24) is 4.72 Å². The number of nitro groups is 1. The van der Waals surface area contributed by atoms with Gasteiger partial charge in [0.15, 0.2) is 4.34 Å². The van der Waals surface area contributed by atoms with Gasteiger partial charge in [0, 0.05) is 6.07 Å². The Hall–Kier alpha value is -1.23. The Morgan fingerprint density at radius 3 is 2.50 bits per heavy atom. The van der Waals surface area contributed by atoms with Gasteiger partial charge in [-0.3, -0.25) is 14.9 Å². The van der Waals surface area contributed by atoms with Crippen LogP contribution in [-0.2, 0) is 19.6 Å². The maximum atomic E-state index is 12.1. The van der Waals surface area contributed by atoms with E-state index in [9.17, 15) is 23.3 Å². The second kappa shape index (κ2) is 5.64. The predicted octanol–water partition coefficient (Wildman–Crippen LogP) is 1.54. The van der Waals surface area contributed by atoms with Gasteiger partial charge in [-0.2, -0.15) is 4.72 Å². The molecule has 1 aromatic rings. The molecule has 0 aliphatic heterocycles. The molecule has 0 aliphatic carbocycles. The molecule has 0 amide bonds. The SMILES string of the molecule is COC(=O)C(C)(C)NS(=O)(=O)c1cc([N+](=O)[O-])c(Cl)s1. The fraction of sp³-hybridized carbons (Fsp3) is 0.444. The molecule has 112 valence electrons. The number of methoxy groups -OCH3 is 1. The van der Waals surface area contributed by atoms with Crippen molar-refractivity contribution in [2.24, 2.45) is 0 Å². The summed E-state index contributed by atoms with van der Waals surface area (Å²) in [7, 11) is -3.01. The third-order valence-corrected chi connectivity index (χ3v) is 5.66. The lowest BCUT2D eigenvalue weighted by Gasteiger charge is -2.22. The van der Waals surface area contributed by atoms with Crippen molar-refractivity contribution >= 4 is 44.6 Å². The summed E-state index contributed by atoms with van der Waals surface area (Å²) >= 11 is 6.13. The van der Waals surface area contributed by atoms with Crippen LogP contribution in [0.1, 0.15) is 13.8 Å². The number of ether oxygens (including phenoxy) is 1. The van der Waals surface area contributed by atoms with Crippen LogP contribution in [0.3, 0.4) is 0 Å². The Bertz CT molecular complexity index is 651.